The molecule has 31 heavy (non-hydrogen) atoms. The van der Waals surface area contributed by atoms with Crippen LogP contribution in [-0.2, 0) is 0 Å². The molecule has 5 nitrogen and oxygen atoms in total. The lowest BCUT2D eigenvalue weighted by Gasteiger charge is -2.10. The van der Waals surface area contributed by atoms with Gasteiger partial charge in [-0.1, -0.05) is 18.2 Å². The summed E-state index contributed by atoms with van der Waals surface area (Å²) in [6.07, 6.45) is 2.84. The number of nitrogens with two attached hydrogens (primary N) is 1. The van der Waals surface area contributed by atoms with E-state index in [9.17, 15) is 14.4 Å². The number of aryl methyl sites for hydroxylation is 2. The number of carbonyl (C=O) groups excluding carboxylic acids is 3. The van der Waals surface area contributed by atoms with Gasteiger partial charge >= 0.3 is 0 Å². The molecule has 4 rings (SSSR count). The number of nitrogens with one attached hydrogen (secondary N) is 1. The third-order valence-electron chi connectivity index (χ3n) is 5.60. The monoisotopic (exact) mass is 432 g/mol. The molecule has 0 atom stereocenters. The first kappa shape index (κ1) is 21.0. The Hall–Kier alpha value is -3.25. The summed E-state index contributed by atoms with van der Waals surface area (Å²) in [6, 6.07) is 14.4. The summed E-state index contributed by atoms with van der Waals surface area (Å²) < 4.78 is 0. The number of rotatable bonds is 7. The van der Waals surface area contributed by atoms with Crippen LogP contribution in [0.5, 0.6) is 0 Å². The Morgan fingerprint density at radius 2 is 1.68 bits per heavy atom. The zero-order valence-electron chi connectivity index (χ0n) is 17.5. The quantitative estimate of drug-likeness (QED) is 0.492. The first-order chi connectivity index (χ1) is 14.8. The Kier molecular flexibility index (Phi) is 5.74. The van der Waals surface area contributed by atoms with Crippen molar-refractivity contribution in [2.24, 2.45) is 11.7 Å². The number of ketones is 1. The Balaban J connectivity index is 1.54. The zero-order valence-corrected chi connectivity index (χ0v) is 18.3. The van der Waals surface area contributed by atoms with Crippen molar-refractivity contribution in [2.45, 2.75) is 33.1 Å². The maximum atomic E-state index is 12.9. The summed E-state index contributed by atoms with van der Waals surface area (Å²) in [5.41, 5.74) is 9.90. The number of amides is 2. The molecule has 1 heterocycles. The van der Waals surface area contributed by atoms with Gasteiger partial charge in [-0.05, 0) is 79.6 Å². The zero-order chi connectivity index (χ0) is 22.1. The van der Waals surface area contributed by atoms with E-state index in [2.05, 4.69) is 5.32 Å². The van der Waals surface area contributed by atoms with E-state index < -0.39 is 5.91 Å². The second-order valence-electron chi connectivity index (χ2n) is 8.11. The van der Waals surface area contributed by atoms with Crippen molar-refractivity contribution in [2.75, 3.05) is 5.32 Å². The van der Waals surface area contributed by atoms with E-state index in [-0.39, 0.29) is 11.7 Å². The van der Waals surface area contributed by atoms with Gasteiger partial charge in [0.25, 0.3) is 5.91 Å². The van der Waals surface area contributed by atoms with Crippen molar-refractivity contribution in [1.82, 2.24) is 0 Å². The lowest BCUT2D eigenvalue weighted by Crippen LogP contribution is -2.12. The van der Waals surface area contributed by atoms with E-state index in [0.29, 0.717) is 34.0 Å². The lowest BCUT2D eigenvalue weighted by atomic mass is 10.0. The fraction of sp³-hybridized carbons (Fsp3) is 0.240. The van der Waals surface area contributed by atoms with Gasteiger partial charge < -0.3 is 11.1 Å². The Labute approximate surface area is 185 Å². The molecule has 0 aliphatic heterocycles. The summed E-state index contributed by atoms with van der Waals surface area (Å²) in [7, 11) is 0. The smallest absolute Gasteiger partial charge is 0.265 e. The molecule has 3 N–H and O–H groups in total. The fourth-order valence-corrected chi connectivity index (χ4v) is 4.44. The number of hydrogen-bond acceptors (Lipinski definition) is 4. The van der Waals surface area contributed by atoms with Crippen LogP contribution in [0.1, 0.15) is 60.8 Å². The first-order valence-electron chi connectivity index (χ1n) is 10.3. The average molecular weight is 433 g/mol. The predicted molar refractivity (Wildman–Crippen MR) is 124 cm³/mol. The topological polar surface area (TPSA) is 89.3 Å². The summed E-state index contributed by atoms with van der Waals surface area (Å²) in [4.78, 5) is 38.3. The van der Waals surface area contributed by atoms with E-state index in [0.717, 1.165) is 34.4 Å². The van der Waals surface area contributed by atoms with Crippen molar-refractivity contribution in [3.8, 4) is 10.4 Å². The third-order valence-corrected chi connectivity index (χ3v) is 6.71. The molecule has 0 bridgehead atoms. The number of carbonyl (C=O) groups is 3. The average Bonchev–Trinajstić information content (AvgIpc) is 3.41. The second-order valence-corrected chi connectivity index (χ2v) is 9.20. The minimum Gasteiger partial charge on any atom is -0.366 e. The number of benzene rings is 2. The van der Waals surface area contributed by atoms with Crippen LogP contribution in [0.4, 0.5) is 5.69 Å². The maximum absolute atomic E-state index is 12.9. The minimum atomic E-state index is -0.484. The Morgan fingerprint density at radius 1 is 0.968 bits per heavy atom. The molecule has 0 spiro atoms. The van der Waals surface area contributed by atoms with Gasteiger partial charge in [0.1, 0.15) is 0 Å². The van der Waals surface area contributed by atoms with Crippen molar-refractivity contribution in [3.05, 3.63) is 75.7 Å². The minimum absolute atomic E-state index is 0.126. The molecule has 1 fully saturated rings. The van der Waals surface area contributed by atoms with Crippen LogP contribution in [0.2, 0.25) is 0 Å². The number of primary amides is 1. The van der Waals surface area contributed by atoms with E-state index >= 15 is 0 Å². The second kappa shape index (κ2) is 8.47. The lowest BCUT2D eigenvalue weighted by molar-refractivity contribution is 0.0972. The molecule has 2 aromatic carbocycles. The van der Waals surface area contributed by atoms with Crippen molar-refractivity contribution in [3.63, 3.8) is 0 Å². The van der Waals surface area contributed by atoms with E-state index in [1.807, 2.05) is 38.1 Å². The molecule has 1 aliphatic rings. The van der Waals surface area contributed by atoms with Crippen LogP contribution in [0, 0.1) is 19.8 Å². The molecule has 158 valence electrons. The van der Waals surface area contributed by atoms with Crippen molar-refractivity contribution < 1.29 is 14.4 Å². The summed E-state index contributed by atoms with van der Waals surface area (Å²) in [6.45, 7) is 3.86. The number of Topliss-reactive ketones (excluding diaryl/α,β-unsaturated/α-hetero) is 1. The molecule has 0 unspecified atom stereocenters. The van der Waals surface area contributed by atoms with E-state index in [1.165, 1.54) is 11.3 Å². The highest BCUT2D eigenvalue weighted by atomic mass is 32.1. The predicted octanol–water partition coefficient (Wildman–Crippen LogP) is 5.37. The van der Waals surface area contributed by atoms with Gasteiger partial charge in [0, 0.05) is 28.1 Å². The highest BCUT2D eigenvalue weighted by molar-refractivity contribution is 7.17. The van der Waals surface area contributed by atoms with Gasteiger partial charge in [-0.15, -0.1) is 11.3 Å². The van der Waals surface area contributed by atoms with Crippen LogP contribution in [-0.4, -0.2) is 17.6 Å². The number of anilines is 1. The van der Waals surface area contributed by atoms with E-state index in [1.54, 1.807) is 24.3 Å². The maximum Gasteiger partial charge on any atom is 0.265 e. The standard InChI is InChI=1S/C25H24N2O3S/c1-14-3-8-18(24(26)29)12-19(14)22-9-10-23(31-22)25(30)27-20-13-17(7-4-15(20)2)21(28)11-16-5-6-16/h3-4,7-10,12-13,16H,5-6,11H2,1-2H3,(H2,26,29)(H,27,30). The molecule has 3 aromatic rings. The van der Waals surface area contributed by atoms with Crippen LogP contribution in [0.25, 0.3) is 10.4 Å². The van der Waals surface area contributed by atoms with E-state index in [4.69, 9.17) is 5.73 Å². The highest BCUT2D eigenvalue weighted by Crippen LogP contribution is 2.34. The SMILES string of the molecule is Cc1ccc(C(=O)CC2CC2)cc1NC(=O)c1ccc(-c2cc(C(N)=O)ccc2C)s1. The molecule has 1 aromatic heterocycles. The summed E-state index contributed by atoms with van der Waals surface area (Å²) in [5.74, 6) is -0.0636. The highest BCUT2D eigenvalue weighted by Gasteiger charge is 2.25. The third kappa shape index (κ3) is 4.75. The molecular weight excluding hydrogens is 408 g/mol. The Morgan fingerprint density at radius 3 is 2.39 bits per heavy atom. The molecule has 0 radical (unpaired) electrons. The fourth-order valence-electron chi connectivity index (χ4n) is 3.46. The van der Waals surface area contributed by atoms with Crippen LogP contribution in [0.15, 0.2) is 48.5 Å². The molecular formula is C25H24N2O3S. The van der Waals surface area contributed by atoms with Crippen molar-refractivity contribution in [1.29, 1.82) is 0 Å². The van der Waals surface area contributed by atoms with Crippen LogP contribution >= 0.6 is 11.3 Å². The van der Waals surface area contributed by atoms with Gasteiger partial charge in [-0.25, -0.2) is 0 Å². The largest absolute Gasteiger partial charge is 0.366 e. The number of hydrogen-bond donors (Lipinski definition) is 2. The van der Waals surface area contributed by atoms with Crippen LogP contribution in [0.3, 0.4) is 0 Å². The Bertz CT molecular complexity index is 1190. The van der Waals surface area contributed by atoms with Gasteiger partial charge in [-0.2, -0.15) is 0 Å². The first-order valence-corrected chi connectivity index (χ1v) is 11.1. The van der Waals surface area contributed by atoms with Gasteiger partial charge in [0.15, 0.2) is 5.78 Å². The summed E-state index contributed by atoms with van der Waals surface area (Å²) in [5, 5.41) is 2.94. The molecule has 1 saturated carbocycles. The van der Waals surface area contributed by atoms with Gasteiger partial charge in [0.05, 0.1) is 4.88 Å². The normalized spacial score (nSPS) is 13.1. The van der Waals surface area contributed by atoms with Crippen molar-refractivity contribution >= 4 is 34.6 Å². The molecule has 0 saturated heterocycles. The summed E-state index contributed by atoms with van der Waals surface area (Å²) >= 11 is 1.35. The van der Waals surface area contributed by atoms with Gasteiger partial charge in [-0.3, -0.25) is 14.4 Å². The molecule has 1 aliphatic carbocycles. The molecule has 6 heteroatoms. The van der Waals surface area contributed by atoms with Crippen LogP contribution < -0.4 is 11.1 Å². The number of thiophene rings is 1. The van der Waals surface area contributed by atoms with Gasteiger partial charge in [0.2, 0.25) is 5.91 Å². The molecule has 2 amide bonds.